The summed E-state index contributed by atoms with van der Waals surface area (Å²) in [7, 11) is 3.05. The van der Waals surface area contributed by atoms with Gasteiger partial charge in [-0.05, 0) is 37.5 Å². The average molecular weight is 374 g/mol. The predicted molar refractivity (Wildman–Crippen MR) is 89.9 cm³/mol. The van der Waals surface area contributed by atoms with E-state index < -0.39 is 23.2 Å². The largest absolute Gasteiger partial charge is 0.416 e. The van der Waals surface area contributed by atoms with E-state index in [4.69, 9.17) is 11.6 Å². The van der Waals surface area contributed by atoms with Gasteiger partial charge in [0.25, 0.3) is 5.91 Å². The van der Waals surface area contributed by atoms with Crippen LogP contribution >= 0.6 is 11.6 Å². The van der Waals surface area contributed by atoms with Crippen molar-refractivity contribution in [3.8, 4) is 0 Å². The number of aromatic nitrogens is 1. The van der Waals surface area contributed by atoms with E-state index in [1.807, 2.05) is 0 Å². The van der Waals surface area contributed by atoms with Crippen molar-refractivity contribution < 1.29 is 18.0 Å². The molecule has 1 aliphatic carbocycles. The molecule has 136 valence electrons. The van der Waals surface area contributed by atoms with Crippen LogP contribution in [0.1, 0.15) is 25.3 Å². The summed E-state index contributed by atoms with van der Waals surface area (Å²) >= 11 is 5.77. The molecule has 8 heteroatoms. The average Bonchev–Trinajstić information content (AvgIpc) is 3.27. The van der Waals surface area contributed by atoms with Crippen LogP contribution in [-0.2, 0) is 10.3 Å². The fourth-order valence-corrected chi connectivity index (χ4v) is 2.54. The number of nitrogens with one attached hydrogen (secondary N) is 1. The third kappa shape index (κ3) is 4.54. The van der Waals surface area contributed by atoms with E-state index in [-0.39, 0.29) is 5.70 Å². The lowest BCUT2D eigenvalue weighted by Gasteiger charge is -2.23. The molecule has 1 aliphatic rings. The third-order valence-electron chi connectivity index (χ3n) is 4.03. The summed E-state index contributed by atoms with van der Waals surface area (Å²) in [5.74, 6) is -0.568. The van der Waals surface area contributed by atoms with Gasteiger partial charge in [0.15, 0.2) is 0 Å². The Labute approximate surface area is 149 Å². The number of amides is 1. The van der Waals surface area contributed by atoms with E-state index in [9.17, 15) is 18.0 Å². The van der Waals surface area contributed by atoms with Crippen LogP contribution in [0.25, 0.3) is 0 Å². The number of rotatable bonds is 5. The number of carbonyl (C=O) groups is 1. The number of likely N-dealkylation sites (N-methyl/N-ethyl adjacent to an activating group) is 1. The molecule has 0 atom stereocenters. The van der Waals surface area contributed by atoms with E-state index in [0.29, 0.717) is 18.0 Å². The van der Waals surface area contributed by atoms with Gasteiger partial charge in [-0.3, -0.25) is 4.79 Å². The van der Waals surface area contributed by atoms with E-state index in [2.05, 4.69) is 10.3 Å². The summed E-state index contributed by atoms with van der Waals surface area (Å²) < 4.78 is 38.9. The minimum absolute atomic E-state index is 0.0707. The first-order valence-electron chi connectivity index (χ1n) is 7.66. The van der Waals surface area contributed by atoms with Gasteiger partial charge in [-0.15, -0.1) is 0 Å². The van der Waals surface area contributed by atoms with Crippen LogP contribution in [-0.4, -0.2) is 36.1 Å². The first kappa shape index (κ1) is 19.3. The Morgan fingerprint density at radius 3 is 2.40 bits per heavy atom. The van der Waals surface area contributed by atoms with Crippen LogP contribution in [0.3, 0.4) is 0 Å². The second-order valence-corrected chi connectivity index (χ2v) is 6.46. The molecule has 0 aliphatic heterocycles. The number of allylic oxidation sites excluding steroid dienone is 3. The molecule has 0 unspecified atom stereocenters. The SMILES string of the molecule is C/C=C(\C=C(\C(=O)NC1(c2ccc(Cl)nc2)CC1)N(C)C)C(F)(F)F. The normalized spacial score (nSPS) is 17.2. The summed E-state index contributed by atoms with van der Waals surface area (Å²) in [6.45, 7) is 1.28. The highest BCUT2D eigenvalue weighted by atomic mass is 35.5. The van der Waals surface area contributed by atoms with Crippen molar-refractivity contribution in [3.63, 3.8) is 0 Å². The van der Waals surface area contributed by atoms with Crippen molar-refractivity contribution in [1.29, 1.82) is 0 Å². The monoisotopic (exact) mass is 373 g/mol. The van der Waals surface area contributed by atoms with Crippen LogP contribution in [0.2, 0.25) is 5.15 Å². The van der Waals surface area contributed by atoms with Crippen LogP contribution in [0.15, 0.2) is 41.8 Å². The molecule has 1 amide bonds. The minimum atomic E-state index is -4.52. The second-order valence-electron chi connectivity index (χ2n) is 6.07. The van der Waals surface area contributed by atoms with Gasteiger partial charge in [0, 0.05) is 20.3 Å². The molecule has 0 aromatic carbocycles. The van der Waals surface area contributed by atoms with Gasteiger partial charge in [0.05, 0.1) is 11.1 Å². The third-order valence-corrected chi connectivity index (χ3v) is 4.25. The Morgan fingerprint density at radius 1 is 1.36 bits per heavy atom. The van der Waals surface area contributed by atoms with Gasteiger partial charge in [-0.2, -0.15) is 13.2 Å². The van der Waals surface area contributed by atoms with Crippen molar-refractivity contribution in [2.75, 3.05) is 14.1 Å². The number of nitrogens with zero attached hydrogens (tertiary/aromatic N) is 2. The molecule has 1 heterocycles. The lowest BCUT2D eigenvalue weighted by atomic mass is 10.1. The standard InChI is InChI=1S/C17H19ClF3N3O/c1-4-11(17(19,20)21)9-13(24(2)3)15(25)23-16(7-8-16)12-5-6-14(18)22-10-12/h4-6,9-10H,7-8H2,1-3H3,(H,23,25)/b11-4+,13-9-. The van der Waals surface area contributed by atoms with Gasteiger partial charge < -0.3 is 10.2 Å². The summed E-state index contributed by atoms with van der Waals surface area (Å²) in [6.07, 6.45) is 0.227. The zero-order chi connectivity index (χ0) is 18.8. The van der Waals surface area contributed by atoms with Gasteiger partial charge in [-0.1, -0.05) is 23.7 Å². The summed E-state index contributed by atoms with van der Waals surface area (Å²) in [4.78, 5) is 18.0. The predicted octanol–water partition coefficient (Wildman–Crippen LogP) is 3.79. The Balaban J connectivity index is 2.26. The Morgan fingerprint density at radius 2 is 2.00 bits per heavy atom. The Hall–Kier alpha value is -2.02. The fourth-order valence-electron chi connectivity index (χ4n) is 2.42. The second kappa shape index (κ2) is 7.07. The van der Waals surface area contributed by atoms with E-state index in [1.165, 1.54) is 25.9 Å². The van der Waals surface area contributed by atoms with Gasteiger partial charge in [-0.25, -0.2) is 4.98 Å². The van der Waals surface area contributed by atoms with Crippen LogP contribution in [0.4, 0.5) is 13.2 Å². The molecule has 0 spiro atoms. The molecule has 0 bridgehead atoms. The van der Waals surface area contributed by atoms with Crippen molar-refractivity contribution >= 4 is 17.5 Å². The molecule has 1 fully saturated rings. The van der Waals surface area contributed by atoms with Gasteiger partial charge in [0.2, 0.25) is 0 Å². The number of pyridine rings is 1. The van der Waals surface area contributed by atoms with Gasteiger partial charge >= 0.3 is 6.18 Å². The lowest BCUT2D eigenvalue weighted by Crippen LogP contribution is -2.39. The highest BCUT2D eigenvalue weighted by Crippen LogP contribution is 2.45. The molecule has 1 aromatic rings. The number of carbonyl (C=O) groups excluding carboxylic acids is 1. The number of hydrogen-bond donors (Lipinski definition) is 1. The highest BCUT2D eigenvalue weighted by molar-refractivity contribution is 6.29. The van der Waals surface area contributed by atoms with Crippen molar-refractivity contribution in [2.45, 2.75) is 31.5 Å². The van der Waals surface area contributed by atoms with E-state index in [0.717, 1.165) is 17.7 Å². The number of alkyl halides is 3. The topological polar surface area (TPSA) is 45.2 Å². The molecule has 1 N–H and O–H groups in total. The maximum absolute atomic E-state index is 13.0. The minimum Gasteiger partial charge on any atom is -0.373 e. The summed E-state index contributed by atoms with van der Waals surface area (Å²) in [6, 6.07) is 3.38. The van der Waals surface area contributed by atoms with Crippen molar-refractivity contribution in [2.24, 2.45) is 0 Å². The van der Waals surface area contributed by atoms with Crippen LogP contribution < -0.4 is 5.32 Å². The maximum atomic E-state index is 13.0. The Bertz CT molecular complexity index is 705. The molecule has 1 aromatic heterocycles. The van der Waals surface area contributed by atoms with Crippen LogP contribution in [0.5, 0.6) is 0 Å². The van der Waals surface area contributed by atoms with Gasteiger partial charge in [0.1, 0.15) is 10.9 Å². The number of halogens is 4. The maximum Gasteiger partial charge on any atom is 0.416 e. The molecule has 0 radical (unpaired) electrons. The van der Waals surface area contributed by atoms with E-state index >= 15 is 0 Å². The molecular formula is C17H19ClF3N3O. The van der Waals surface area contributed by atoms with Crippen molar-refractivity contribution in [1.82, 2.24) is 15.2 Å². The van der Waals surface area contributed by atoms with Crippen LogP contribution in [0, 0.1) is 0 Å². The molecule has 2 rings (SSSR count). The smallest absolute Gasteiger partial charge is 0.373 e. The first-order valence-corrected chi connectivity index (χ1v) is 8.04. The molecule has 4 nitrogen and oxygen atoms in total. The zero-order valence-electron chi connectivity index (χ0n) is 14.1. The highest BCUT2D eigenvalue weighted by Gasteiger charge is 2.46. The zero-order valence-corrected chi connectivity index (χ0v) is 14.9. The number of hydrogen-bond acceptors (Lipinski definition) is 3. The molecular weight excluding hydrogens is 355 g/mol. The first-order chi connectivity index (χ1) is 11.6. The fraction of sp³-hybridized carbons (Fsp3) is 0.412. The lowest BCUT2D eigenvalue weighted by molar-refractivity contribution is -0.119. The molecule has 25 heavy (non-hydrogen) atoms. The summed E-state index contributed by atoms with van der Waals surface area (Å²) in [5, 5.41) is 3.17. The molecule has 1 saturated carbocycles. The van der Waals surface area contributed by atoms with Crippen molar-refractivity contribution in [3.05, 3.63) is 52.5 Å². The molecule has 0 saturated heterocycles. The quantitative estimate of drug-likeness (QED) is 0.485. The summed E-state index contributed by atoms with van der Waals surface area (Å²) in [5.41, 5.74) is -0.758. The Kier molecular flexibility index (Phi) is 5.46. The van der Waals surface area contributed by atoms with E-state index in [1.54, 1.807) is 18.3 Å².